The Hall–Kier alpha value is -1.40. The van der Waals surface area contributed by atoms with Crippen LogP contribution in [0.15, 0.2) is 10.8 Å². The van der Waals surface area contributed by atoms with Crippen LogP contribution in [0.2, 0.25) is 0 Å². The summed E-state index contributed by atoms with van der Waals surface area (Å²) in [5.74, 6) is 1.71. The van der Waals surface area contributed by atoms with E-state index >= 15 is 0 Å². The van der Waals surface area contributed by atoms with Gasteiger partial charge < -0.3 is 14.5 Å². The molecule has 3 rings (SSSR count). The molecule has 0 saturated carbocycles. The molecule has 2 atom stereocenters. The van der Waals surface area contributed by atoms with E-state index in [2.05, 4.69) is 36.0 Å². The molecule has 6 nitrogen and oxygen atoms in total. The zero-order valence-corrected chi connectivity index (χ0v) is 15.7. The molecule has 1 N–H and O–H groups in total. The van der Waals surface area contributed by atoms with Gasteiger partial charge in [-0.3, -0.25) is 9.69 Å². The molecule has 1 aromatic heterocycles. The lowest BCUT2D eigenvalue weighted by atomic mass is 9.94. The summed E-state index contributed by atoms with van der Waals surface area (Å²) in [6.45, 7) is 10.4. The topological polar surface area (TPSA) is 67.6 Å². The lowest BCUT2D eigenvalue weighted by Gasteiger charge is -2.38. The highest BCUT2D eigenvalue weighted by Gasteiger charge is 2.30. The van der Waals surface area contributed by atoms with Crippen molar-refractivity contribution >= 4 is 5.91 Å². The van der Waals surface area contributed by atoms with Gasteiger partial charge in [-0.2, -0.15) is 0 Å². The molecule has 0 aromatic carbocycles. The summed E-state index contributed by atoms with van der Waals surface area (Å²) in [6.07, 6.45) is 5.57. The molecule has 0 bridgehead atoms. The van der Waals surface area contributed by atoms with Crippen LogP contribution in [0.1, 0.15) is 68.8 Å². The van der Waals surface area contributed by atoms with Crippen molar-refractivity contribution in [1.82, 2.24) is 15.2 Å². The second-order valence-corrected chi connectivity index (χ2v) is 7.81. The number of carbonyl (C=O) groups excluding carboxylic acids is 1. The minimum atomic E-state index is -0.157. The molecule has 2 fully saturated rings. The van der Waals surface area contributed by atoms with E-state index in [1.165, 1.54) is 19.2 Å². The summed E-state index contributed by atoms with van der Waals surface area (Å²) in [7, 11) is 0. The molecule has 0 radical (unpaired) electrons. The highest BCUT2D eigenvalue weighted by Crippen LogP contribution is 2.30. The quantitative estimate of drug-likeness (QED) is 0.855. The van der Waals surface area contributed by atoms with E-state index in [1.54, 1.807) is 0 Å². The second kappa shape index (κ2) is 8.32. The predicted octanol–water partition coefficient (Wildman–Crippen LogP) is 3.01. The lowest BCUT2D eigenvalue weighted by molar-refractivity contribution is 0.0815. The largest absolute Gasteiger partial charge is 0.445 e. The minimum absolute atomic E-state index is 0.132. The molecule has 6 heteroatoms. The van der Waals surface area contributed by atoms with Gasteiger partial charge in [0.05, 0.1) is 0 Å². The van der Waals surface area contributed by atoms with Crippen molar-refractivity contribution in [2.24, 2.45) is 11.8 Å². The molecule has 0 spiro atoms. The van der Waals surface area contributed by atoms with Crippen molar-refractivity contribution in [2.45, 2.75) is 58.6 Å². The van der Waals surface area contributed by atoms with Crippen LogP contribution in [0.4, 0.5) is 0 Å². The molecule has 2 unspecified atom stereocenters. The third-order valence-electron chi connectivity index (χ3n) is 5.56. The maximum Gasteiger partial charge on any atom is 0.273 e. The third-order valence-corrected chi connectivity index (χ3v) is 5.56. The van der Waals surface area contributed by atoms with Gasteiger partial charge in [0.1, 0.15) is 6.10 Å². The summed E-state index contributed by atoms with van der Waals surface area (Å²) in [5.41, 5.74) is 0.377. The number of rotatable bonds is 6. The average Bonchev–Trinajstić information content (AvgIpc) is 3.27. The van der Waals surface area contributed by atoms with E-state index in [1.807, 2.05) is 0 Å². The van der Waals surface area contributed by atoms with Crippen molar-refractivity contribution in [3.05, 3.63) is 17.8 Å². The summed E-state index contributed by atoms with van der Waals surface area (Å²) in [4.78, 5) is 19.3. The van der Waals surface area contributed by atoms with Crippen LogP contribution in [0.5, 0.6) is 0 Å². The Bertz CT molecular complexity index is 558. The molecule has 2 aliphatic rings. The molecule has 3 heterocycles. The summed E-state index contributed by atoms with van der Waals surface area (Å²) in [6, 6.07) is 0.356. The summed E-state index contributed by atoms with van der Waals surface area (Å²) >= 11 is 0. The third kappa shape index (κ3) is 4.42. The average molecular weight is 349 g/mol. The first kappa shape index (κ1) is 18.4. The first-order valence-corrected chi connectivity index (χ1v) is 9.63. The number of nitrogens with zero attached hydrogens (tertiary/aromatic N) is 2. The van der Waals surface area contributed by atoms with Gasteiger partial charge in [-0.15, -0.1) is 0 Å². The van der Waals surface area contributed by atoms with Gasteiger partial charge in [-0.25, -0.2) is 4.98 Å². The van der Waals surface area contributed by atoms with Crippen molar-refractivity contribution in [3.8, 4) is 0 Å². The fourth-order valence-electron chi connectivity index (χ4n) is 3.87. The van der Waals surface area contributed by atoms with Crippen LogP contribution < -0.4 is 5.32 Å². The first-order chi connectivity index (χ1) is 12.1. The number of amides is 1. The van der Waals surface area contributed by atoms with Crippen molar-refractivity contribution in [2.75, 3.05) is 26.2 Å². The number of aromatic nitrogens is 1. The zero-order chi connectivity index (χ0) is 17.8. The molecular weight excluding hydrogens is 318 g/mol. The van der Waals surface area contributed by atoms with Gasteiger partial charge in [0.15, 0.2) is 17.8 Å². The molecule has 1 amide bonds. The maximum atomic E-state index is 12.6. The molecule has 2 saturated heterocycles. The Morgan fingerprint density at radius 1 is 1.36 bits per heavy atom. The monoisotopic (exact) mass is 349 g/mol. The van der Waals surface area contributed by atoms with Gasteiger partial charge >= 0.3 is 0 Å². The first-order valence-electron chi connectivity index (χ1n) is 9.63. The Morgan fingerprint density at radius 3 is 2.76 bits per heavy atom. The van der Waals surface area contributed by atoms with Crippen molar-refractivity contribution in [3.63, 3.8) is 0 Å². The smallest absolute Gasteiger partial charge is 0.273 e. The summed E-state index contributed by atoms with van der Waals surface area (Å²) in [5, 5.41) is 3.08. The number of hydrogen-bond donors (Lipinski definition) is 1. The fourth-order valence-corrected chi connectivity index (χ4v) is 3.87. The highest BCUT2D eigenvalue weighted by molar-refractivity contribution is 5.93. The van der Waals surface area contributed by atoms with Crippen LogP contribution in [-0.2, 0) is 4.74 Å². The number of hydrogen-bond acceptors (Lipinski definition) is 5. The van der Waals surface area contributed by atoms with Crippen LogP contribution in [0, 0.1) is 11.8 Å². The van der Waals surface area contributed by atoms with Gasteiger partial charge in [-0.05, 0) is 50.6 Å². The number of carbonyl (C=O) groups is 1. The van der Waals surface area contributed by atoms with E-state index in [0.717, 1.165) is 38.5 Å². The molecule has 2 aliphatic heterocycles. The number of piperidine rings is 1. The lowest BCUT2D eigenvalue weighted by Crippen LogP contribution is -2.49. The van der Waals surface area contributed by atoms with E-state index in [4.69, 9.17) is 9.15 Å². The standard InChI is InChI=1S/C19H31N3O3/c1-13(2)15(22-8-6-14(3)7-9-22)11-20-19(23)17-18(25-12-21-17)16-5-4-10-24-16/h12-16H,4-11H2,1-3H3,(H,20,23). The van der Waals surface area contributed by atoms with Crippen LogP contribution in [0.3, 0.4) is 0 Å². The molecule has 0 aliphatic carbocycles. The van der Waals surface area contributed by atoms with E-state index in [9.17, 15) is 4.79 Å². The van der Waals surface area contributed by atoms with Gasteiger partial charge in [0.25, 0.3) is 5.91 Å². The van der Waals surface area contributed by atoms with Crippen LogP contribution >= 0.6 is 0 Å². The fraction of sp³-hybridized carbons (Fsp3) is 0.789. The van der Waals surface area contributed by atoms with Crippen molar-refractivity contribution in [1.29, 1.82) is 0 Å². The highest BCUT2D eigenvalue weighted by atomic mass is 16.5. The zero-order valence-electron chi connectivity index (χ0n) is 15.7. The predicted molar refractivity (Wildman–Crippen MR) is 95.4 cm³/mol. The minimum Gasteiger partial charge on any atom is -0.445 e. The van der Waals surface area contributed by atoms with E-state index in [-0.39, 0.29) is 12.0 Å². The van der Waals surface area contributed by atoms with Crippen LogP contribution in [0.25, 0.3) is 0 Å². The summed E-state index contributed by atoms with van der Waals surface area (Å²) < 4.78 is 11.1. The Morgan fingerprint density at radius 2 is 2.12 bits per heavy atom. The Labute approximate surface area is 150 Å². The number of oxazole rings is 1. The molecule has 140 valence electrons. The van der Waals surface area contributed by atoms with Gasteiger partial charge in [0.2, 0.25) is 0 Å². The normalized spacial score (nSPS) is 23.9. The van der Waals surface area contributed by atoms with E-state index < -0.39 is 0 Å². The maximum absolute atomic E-state index is 12.6. The Kier molecular flexibility index (Phi) is 6.12. The van der Waals surface area contributed by atoms with E-state index in [0.29, 0.717) is 30.0 Å². The SMILES string of the molecule is CC1CCN(C(CNC(=O)c2ncoc2C2CCCO2)C(C)C)CC1. The number of likely N-dealkylation sites (tertiary alicyclic amines) is 1. The van der Waals surface area contributed by atoms with Gasteiger partial charge in [-0.1, -0.05) is 20.8 Å². The number of ether oxygens (including phenoxy) is 1. The van der Waals surface area contributed by atoms with Crippen molar-refractivity contribution < 1.29 is 13.9 Å². The molecule has 25 heavy (non-hydrogen) atoms. The number of nitrogens with one attached hydrogen (secondary N) is 1. The molecular formula is C19H31N3O3. The second-order valence-electron chi connectivity index (χ2n) is 7.81. The van der Waals surface area contributed by atoms with Gasteiger partial charge in [0, 0.05) is 19.2 Å². The van der Waals surface area contributed by atoms with Crippen LogP contribution in [-0.4, -0.2) is 48.1 Å². The molecule has 1 aromatic rings. The Balaban J connectivity index is 1.59.